The molecule has 2 amide bonds. The Kier molecular flexibility index (Phi) is 5.33. The van der Waals surface area contributed by atoms with Crippen LogP contribution in [0.3, 0.4) is 0 Å². The summed E-state index contributed by atoms with van der Waals surface area (Å²) in [7, 11) is 0. The quantitative estimate of drug-likeness (QED) is 0.937. The molecule has 1 fully saturated rings. The number of carbonyl (C=O) groups is 1. The van der Waals surface area contributed by atoms with E-state index in [1.54, 1.807) is 4.90 Å². The highest BCUT2D eigenvalue weighted by Crippen LogP contribution is 2.21. The van der Waals surface area contributed by atoms with Gasteiger partial charge in [-0.2, -0.15) is 0 Å². The molecule has 1 saturated heterocycles. The SMILES string of the molecule is CC1CN(C(=O)NCc2cccc(Oc3ccccc3)c2)CCO1. The van der Waals surface area contributed by atoms with E-state index in [4.69, 9.17) is 9.47 Å². The van der Waals surface area contributed by atoms with Crippen molar-refractivity contribution in [2.45, 2.75) is 19.6 Å². The molecule has 0 radical (unpaired) electrons. The second-order valence-electron chi connectivity index (χ2n) is 5.85. The van der Waals surface area contributed by atoms with E-state index in [1.807, 2.05) is 61.5 Å². The van der Waals surface area contributed by atoms with Crippen molar-refractivity contribution in [1.82, 2.24) is 10.2 Å². The molecular weight excluding hydrogens is 304 g/mol. The first kappa shape index (κ1) is 16.3. The molecule has 0 aliphatic carbocycles. The molecule has 0 bridgehead atoms. The maximum Gasteiger partial charge on any atom is 0.317 e. The minimum absolute atomic E-state index is 0.0560. The summed E-state index contributed by atoms with van der Waals surface area (Å²) in [5.74, 6) is 1.55. The Morgan fingerprint density at radius 1 is 1.21 bits per heavy atom. The van der Waals surface area contributed by atoms with Gasteiger partial charge in [-0.1, -0.05) is 30.3 Å². The van der Waals surface area contributed by atoms with Gasteiger partial charge in [-0.15, -0.1) is 0 Å². The minimum Gasteiger partial charge on any atom is -0.457 e. The molecule has 1 unspecified atom stereocenters. The topological polar surface area (TPSA) is 50.8 Å². The maximum absolute atomic E-state index is 12.2. The molecule has 24 heavy (non-hydrogen) atoms. The van der Waals surface area contributed by atoms with Crippen LogP contribution in [0.4, 0.5) is 4.79 Å². The van der Waals surface area contributed by atoms with Crippen molar-refractivity contribution in [3.63, 3.8) is 0 Å². The summed E-state index contributed by atoms with van der Waals surface area (Å²) in [5, 5.41) is 2.96. The molecule has 1 N–H and O–H groups in total. The van der Waals surface area contributed by atoms with Gasteiger partial charge in [0.25, 0.3) is 0 Å². The van der Waals surface area contributed by atoms with Gasteiger partial charge in [-0.25, -0.2) is 4.79 Å². The van der Waals surface area contributed by atoms with Crippen LogP contribution in [0.5, 0.6) is 11.5 Å². The molecule has 3 rings (SSSR count). The summed E-state index contributed by atoms with van der Waals surface area (Å²) >= 11 is 0. The van der Waals surface area contributed by atoms with E-state index in [0.29, 0.717) is 26.2 Å². The fourth-order valence-corrected chi connectivity index (χ4v) is 2.64. The number of ether oxygens (including phenoxy) is 2. The first-order chi connectivity index (χ1) is 11.7. The van der Waals surface area contributed by atoms with Crippen molar-refractivity contribution < 1.29 is 14.3 Å². The van der Waals surface area contributed by atoms with Gasteiger partial charge in [0.05, 0.1) is 12.7 Å². The van der Waals surface area contributed by atoms with Crippen LogP contribution in [0.25, 0.3) is 0 Å². The van der Waals surface area contributed by atoms with Crippen LogP contribution in [-0.4, -0.2) is 36.7 Å². The highest BCUT2D eigenvalue weighted by atomic mass is 16.5. The lowest BCUT2D eigenvalue weighted by Gasteiger charge is -2.31. The maximum atomic E-state index is 12.2. The molecule has 0 aromatic heterocycles. The van der Waals surface area contributed by atoms with Gasteiger partial charge < -0.3 is 19.7 Å². The van der Waals surface area contributed by atoms with Gasteiger partial charge in [-0.3, -0.25) is 0 Å². The number of nitrogens with one attached hydrogen (secondary N) is 1. The average molecular weight is 326 g/mol. The first-order valence-electron chi connectivity index (χ1n) is 8.17. The van der Waals surface area contributed by atoms with Crippen LogP contribution in [0.15, 0.2) is 54.6 Å². The van der Waals surface area contributed by atoms with Crippen LogP contribution in [0, 0.1) is 0 Å². The number of hydrogen-bond donors (Lipinski definition) is 1. The Bertz CT molecular complexity index is 675. The van der Waals surface area contributed by atoms with Gasteiger partial charge >= 0.3 is 6.03 Å². The Balaban J connectivity index is 1.55. The minimum atomic E-state index is -0.0560. The van der Waals surface area contributed by atoms with E-state index in [2.05, 4.69) is 5.32 Å². The summed E-state index contributed by atoms with van der Waals surface area (Å²) in [6.45, 7) is 4.30. The van der Waals surface area contributed by atoms with Crippen LogP contribution in [-0.2, 0) is 11.3 Å². The van der Waals surface area contributed by atoms with Gasteiger partial charge in [0.2, 0.25) is 0 Å². The summed E-state index contributed by atoms with van der Waals surface area (Å²) in [6.07, 6.45) is 0.0899. The lowest BCUT2D eigenvalue weighted by Crippen LogP contribution is -2.48. The smallest absolute Gasteiger partial charge is 0.317 e. The Hall–Kier alpha value is -2.53. The molecule has 2 aromatic rings. The van der Waals surface area contributed by atoms with E-state index in [-0.39, 0.29) is 12.1 Å². The zero-order valence-corrected chi connectivity index (χ0v) is 13.8. The van der Waals surface area contributed by atoms with E-state index < -0.39 is 0 Å². The van der Waals surface area contributed by atoms with E-state index >= 15 is 0 Å². The van der Waals surface area contributed by atoms with Crippen LogP contribution < -0.4 is 10.1 Å². The number of amides is 2. The third kappa shape index (κ3) is 4.49. The number of para-hydroxylation sites is 1. The predicted octanol–water partition coefficient (Wildman–Crippen LogP) is 3.41. The van der Waals surface area contributed by atoms with Crippen LogP contribution in [0.2, 0.25) is 0 Å². The number of carbonyl (C=O) groups excluding carboxylic acids is 1. The summed E-state index contributed by atoms with van der Waals surface area (Å²) in [5.41, 5.74) is 0.998. The van der Waals surface area contributed by atoms with Crippen molar-refractivity contribution in [3.05, 3.63) is 60.2 Å². The Labute approximate surface area is 142 Å². The second kappa shape index (κ2) is 7.84. The fraction of sp³-hybridized carbons (Fsp3) is 0.316. The number of urea groups is 1. The molecular formula is C19H22N2O3. The second-order valence-corrected chi connectivity index (χ2v) is 5.85. The third-order valence-electron chi connectivity index (χ3n) is 3.85. The standard InChI is InChI=1S/C19H22N2O3/c1-15-14-21(10-11-23-15)19(22)20-13-16-6-5-9-18(12-16)24-17-7-3-2-4-8-17/h2-9,12,15H,10-11,13-14H2,1H3,(H,20,22). The number of rotatable bonds is 4. The van der Waals surface area contributed by atoms with Crippen molar-refractivity contribution in [1.29, 1.82) is 0 Å². The summed E-state index contributed by atoms with van der Waals surface area (Å²) in [6, 6.07) is 17.3. The highest BCUT2D eigenvalue weighted by molar-refractivity contribution is 5.74. The summed E-state index contributed by atoms with van der Waals surface area (Å²) in [4.78, 5) is 14.0. The summed E-state index contributed by atoms with van der Waals surface area (Å²) < 4.78 is 11.3. The van der Waals surface area contributed by atoms with Gasteiger partial charge in [0.1, 0.15) is 11.5 Å². The van der Waals surface area contributed by atoms with Gasteiger partial charge in [0, 0.05) is 19.6 Å². The molecule has 1 heterocycles. The third-order valence-corrected chi connectivity index (χ3v) is 3.85. The van der Waals surface area contributed by atoms with Crippen LogP contribution in [0.1, 0.15) is 12.5 Å². The lowest BCUT2D eigenvalue weighted by molar-refractivity contribution is -0.00351. The zero-order chi connectivity index (χ0) is 16.8. The zero-order valence-electron chi connectivity index (χ0n) is 13.8. The van der Waals surface area contributed by atoms with Crippen molar-refractivity contribution in [3.8, 4) is 11.5 Å². The molecule has 1 aliphatic heterocycles. The molecule has 0 spiro atoms. The van der Waals surface area contributed by atoms with Gasteiger partial charge in [0.15, 0.2) is 0 Å². The van der Waals surface area contributed by atoms with Crippen molar-refractivity contribution in [2.24, 2.45) is 0 Å². The normalized spacial score (nSPS) is 17.4. The van der Waals surface area contributed by atoms with Crippen LogP contribution >= 0.6 is 0 Å². The molecule has 0 saturated carbocycles. The molecule has 5 nitrogen and oxygen atoms in total. The average Bonchev–Trinajstić information content (AvgIpc) is 2.61. The van der Waals surface area contributed by atoms with E-state index in [1.165, 1.54) is 0 Å². The Morgan fingerprint density at radius 3 is 2.79 bits per heavy atom. The van der Waals surface area contributed by atoms with E-state index in [0.717, 1.165) is 17.1 Å². The largest absolute Gasteiger partial charge is 0.457 e. The fourth-order valence-electron chi connectivity index (χ4n) is 2.64. The number of nitrogens with zero attached hydrogens (tertiary/aromatic N) is 1. The number of benzene rings is 2. The van der Waals surface area contributed by atoms with Crippen molar-refractivity contribution in [2.75, 3.05) is 19.7 Å². The van der Waals surface area contributed by atoms with Crippen molar-refractivity contribution >= 4 is 6.03 Å². The molecule has 2 aromatic carbocycles. The van der Waals surface area contributed by atoms with Gasteiger partial charge in [-0.05, 0) is 36.8 Å². The number of hydrogen-bond acceptors (Lipinski definition) is 3. The number of morpholine rings is 1. The molecule has 126 valence electrons. The molecule has 5 heteroatoms. The monoisotopic (exact) mass is 326 g/mol. The van der Waals surface area contributed by atoms with E-state index in [9.17, 15) is 4.79 Å². The highest BCUT2D eigenvalue weighted by Gasteiger charge is 2.20. The first-order valence-corrected chi connectivity index (χ1v) is 8.17. The molecule has 1 aliphatic rings. The molecule has 1 atom stereocenters. The predicted molar refractivity (Wildman–Crippen MR) is 92.2 cm³/mol. The Morgan fingerprint density at radius 2 is 2.00 bits per heavy atom. The lowest BCUT2D eigenvalue weighted by atomic mass is 10.2.